The van der Waals surface area contributed by atoms with Gasteiger partial charge in [-0.15, -0.1) is 0 Å². The Labute approximate surface area is 118 Å². The molecule has 3 nitrogen and oxygen atoms in total. The molecule has 0 saturated carbocycles. The summed E-state index contributed by atoms with van der Waals surface area (Å²) >= 11 is 6.13. The van der Waals surface area contributed by atoms with Gasteiger partial charge < -0.3 is 10.4 Å². The third-order valence-corrected chi connectivity index (χ3v) is 3.40. The van der Waals surface area contributed by atoms with Crippen molar-refractivity contribution in [2.75, 3.05) is 13.2 Å². The Balaban J connectivity index is 2.08. The molecule has 2 rings (SSSR count). The average Bonchev–Trinajstić information content (AvgIpc) is 2.38. The molecular formula is C15H19ClN2O. The fraction of sp³-hybridized carbons (Fsp3) is 0.400. The fourth-order valence-corrected chi connectivity index (χ4v) is 2.39. The van der Waals surface area contributed by atoms with Gasteiger partial charge in [0.25, 0.3) is 0 Å². The third-order valence-electron chi connectivity index (χ3n) is 3.18. The molecule has 0 amide bonds. The highest BCUT2D eigenvalue weighted by Crippen LogP contribution is 2.22. The van der Waals surface area contributed by atoms with E-state index in [1.54, 1.807) is 6.20 Å². The second kappa shape index (κ2) is 6.85. The van der Waals surface area contributed by atoms with Crippen LogP contribution in [0.15, 0.2) is 30.5 Å². The standard InChI is InChI=1S/C15H19ClN2O/c1-11(4-6-19)9-17-10-13-8-14(16)7-12-3-2-5-18-15(12)13/h2-3,5,7-8,11,17,19H,4,6,9-10H2,1H3. The summed E-state index contributed by atoms with van der Waals surface area (Å²) in [6, 6.07) is 7.83. The number of aliphatic hydroxyl groups is 1. The number of nitrogens with one attached hydrogen (secondary N) is 1. The molecule has 1 heterocycles. The van der Waals surface area contributed by atoms with E-state index in [4.69, 9.17) is 16.7 Å². The van der Waals surface area contributed by atoms with Crippen LogP contribution in [0.5, 0.6) is 0 Å². The molecule has 0 fully saturated rings. The minimum atomic E-state index is 0.241. The Hall–Kier alpha value is -1.16. The summed E-state index contributed by atoms with van der Waals surface area (Å²) in [7, 11) is 0. The first-order valence-electron chi connectivity index (χ1n) is 6.55. The summed E-state index contributed by atoms with van der Waals surface area (Å²) in [4.78, 5) is 4.42. The van der Waals surface area contributed by atoms with E-state index in [0.29, 0.717) is 5.92 Å². The predicted molar refractivity (Wildman–Crippen MR) is 79.3 cm³/mol. The molecule has 2 aromatic rings. The summed E-state index contributed by atoms with van der Waals surface area (Å²) < 4.78 is 0. The van der Waals surface area contributed by atoms with E-state index in [1.165, 1.54) is 0 Å². The van der Waals surface area contributed by atoms with Crippen LogP contribution >= 0.6 is 11.6 Å². The van der Waals surface area contributed by atoms with Crippen molar-refractivity contribution in [1.29, 1.82) is 0 Å². The Kier molecular flexibility index (Phi) is 5.14. The van der Waals surface area contributed by atoms with Crippen LogP contribution in [0, 0.1) is 5.92 Å². The van der Waals surface area contributed by atoms with Gasteiger partial charge in [0.2, 0.25) is 0 Å². The summed E-state index contributed by atoms with van der Waals surface area (Å²) in [5, 5.41) is 14.1. The van der Waals surface area contributed by atoms with E-state index in [-0.39, 0.29) is 6.61 Å². The highest BCUT2D eigenvalue weighted by molar-refractivity contribution is 6.31. The van der Waals surface area contributed by atoms with E-state index in [9.17, 15) is 0 Å². The number of fused-ring (bicyclic) bond motifs is 1. The van der Waals surface area contributed by atoms with Gasteiger partial charge in [-0.2, -0.15) is 0 Å². The van der Waals surface area contributed by atoms with Crippen LogP contribution in [-0.2, 0) is 6.54 Å². The first kappa shape index (κ1) is 14.3. The lowest BCUT2D eigenvalue weighted by Crippen LogP contribution is -2.21. The number of nitrogens with zero attached hydrogens (tertiary/aromatic N) is 1. The first-order valence-corrected chi connectivity index (χ1v) is 6.93. The topological polar surface area (TPSA) is 45.1 Å². The molecule has 0 spiro atoms. The summed E-state index contributed by atoms with van der Waals surface area (Å²) in [6.07, 6.45) is 2.62. The van der Waals surface area contributed by atoms with E-state index >= 15 is 0 Å². The second-order valence-electron chi connectivity index (χ2n) is 4.89. The minimum Gasteiger partial charge on any atom is -0.396 e. The first-order chi connectivity index (χ1) is 9.20. The SMILES string of the molecule is CC(CCO)CNCc1cc(Cl)cc2cccnc12. The molecule has 1 atom stereocenters. The maximum absolute atomic E-state index is 8.88. The number of rotatable bonds is 6. The number of hydrogen-bond acceptors (Lipinski definition) is 3. The van der Waals surface area contributed by atoms with Gasteiger partial charge in [0.05, 0.1) is 5.52 Å². The number of pyridine rings is 1. The van der Waals surface area contributed by atoms with Crippen molar-refractivity contribution in [2.45, 2.75) is 19.9 Å². The van der Waals surface area contributed by atoms with Crippen molar-refractivity contribution in [3.8, 4) is 0 Å². The number of benzene rings is 1. The van der Waals surface area contributed by atoms with Crippen molar-refractivity contribution in [3.05, 3.63) is 41.0 Å². The van der Waals surface area contributed by atoms with Gasteiger partial charge >= 0.3 is 0 Å². The Morgan fingerprint density at radius 1 is 1.42 bits per heavy atom. The van der Waals surface area contributed by atoms with Crippen molar-refractivity contribution < 1.29 is 5.11 Å². The normalized spacial score (nSPS) is 12.8. The largest absolute Gasteiger partial charge is 0.396 e. The molecule has 0 aliphatic heterocycles. The molecule has 4 heteroatoms. The van der Waals surface area contributed by atoms with Crippen molar-refractivity contribution in [2.24, 2.45) is 5.92 Å². The van der Waals surface area contributed by atoms with Crippen molar-refractivity contribution >= 4 is 22.5 Å². The van der Waals surface area contributed by atoms with Gasteiger partial charge in [-0.1, -0.05) is 24.6 Å². The molecule has 0 aliphatic carbocycles. The van der Waals surface area contributed by atoms with Crippen LogP contribution in [0.2, 0.25) is 5.02 Å². The van der Waals surface area contributed by atoms with Crippen LogP contribution in [0.25, 0.3) is 10.9 Å². The Bertz CT molecular complexity index is 545. The smallest absolute Gasteiger partial charge is 0.0747 e. The molecular weight excluding hydrogens is 260 g/mol. The van der Waals surface area contributed by atoms with Crippen LogP contribution < -0.4 is 5.32 Å². The second-order valence-corrected chi connectivity index (χ2v) is 5.32. The number of hydrogen-bond donors (Lipinski definition) is 2. The van der Waals surface area contributed by atoms with Gasteiger partial charge in [0, 0.05) is 29.8 Å². The van der Waals surface area contributed by atoms with E-state index in [2.05, 4.69) is 17.2 Å². The Morgan fingerprint density at radius 3 is 3.05 bits per heavy atom. The molecule has 0 bridgehead atoms. The monoisotopic (exact) mass is 278 g/mol. The van der Waals surface area contributed by atoms with Gasteiger partial charge in [-0.25, -0.2) is 0 Å². The molecule has 0 radical (unpaired) electrons. The van der Waals surface area contributed by atoms with Gasteiger partial charge in [-0.3, -0.25) is 4.98 Å². The van der Waals surface area contributed by atoms with E-state index < -0.39 is 0 Å². The average molecular weight is 279 g/mol. The lowest BCUT2D eigenvalue weighted by atomic mass is 10.1. The molecule has 1 unspecified atom stereocenters. The third kappa shape index (κ3) is 3.90. The molecule has 0 saturated heterocycles. The van der Waals surface area contributed by atoms with Crippen molar-refractivity contribution in [3.63, 3.8) is 0 Å². The zero-order valence-corrected chi connectivity index (χ0v) is 11.8. The predicted octanol–water partition coefficient (Wildman–Crippen LogP) is 3.00. The van der Waals surface area contributed by atoms with Crippen LogP contribution in [-0.4, -0.2) is 23.2 Å². The molecule has 19 heavy (non-hydrogen) atoms. The molecule has 1 aromatic heterocycles. The molecule has 0 aliphatic rings. The Morgan fingerprint density at radius 2 is 2.26 bits per heavy atom. The number of halogens is 1. The number of aromatic nitrogens is 1. The van der Waals surface area contributed by atoms with E-state index in [0.717, 1.165) is 41.0 Å². The van der Waals surface area contributed by atoms with Gasteiger partial charge in [0.15, 0.2) is 0 Å². The minimum absolute atomic E-state index is 0.241. The summed E-state index contributed by atoms with van der Waals surface area (Å²) in [6.45, 7) is 3.98. The summed E-state index contributed by atoms with van der Waals surface area (Å²) in [5.74, 6) is 0.461. The van der Waals surface area contributed by atoms with Crippen LogP contribution in [0.4, 0.5) is 0 Å². The van der Waals surface area contributed by atoms with Crippen LogP contribution in [0.1, 0.15) is 18.9 Å². The lowest BCUT2D eigenvalue weighted by Gasteiger charge is -2.12. The molecule has 2 N–H and O–H groups in total. The van der Waals surface area contributed by atoms with Gasteiger partial charge in [0.1, 0.15) is 0 Å². The lowest BCUT2D eigenvalue weighted by molar-refractivity contribution is 0.260. The maximum atomic E-state index is 8.88. The maximum Gasteiger partial charge on any atom is 0.0747 e. The highest BCUT2D eigenvalue weighted by Gasteiger charge is 2.05. The molecule has 102 valence electrons. The number of aliphatic hydroxyl groups excluding tert-OH is 1. The van der Waals surface area contributed by atoms with Crippen molar-refractivity contribution in [1.82, 2.24) is 10.3 Å². The zero-order valence-electron chi connectivity index (χ0n) is 11.1. The van der Waals surface area contributed by atoms with Crippen LogP contribution in [0.3, 0.4) is 0 Å². The van der Waals surface area contributed by atoms with E-state index in [1.807, 2.05) is 24.3 Å². The summed E-state index contributed by atoms with van der Waals surface area (Å²) in [5.41, 5.74) is 2.11. The zero-order chi connectivity index (χ0) is 13.7. The fourth-order valence-electron chi connectivity index (χ4n) is 2.14. The van der Waals surface area contributed by atoms with Gasteiger partial charge in [-0.05, 0) is 42.6 Å². The highest BCUT2D eigenvalue weighted by atomic mass is 35.5. The quantitative estimate of drug-likeness (QED) is 0.854. The molecule has 1 aromatic carbocycles.